The number of aldehydes is 1. The molecule has 4 heterocycles. The molecular formula is C33H31N3O7. The number of hydroxylamine groups is 2. The number of aryl methyl sites for hydroxylation is 1. The van der Waals surface area contributed by atoms with Crippen molar-refractivity contribution in [3.05, 3.63) is 82.4 Å². The molecule has 4 aliphatic heterocycles. The Kier molecular flexibility index (Phi) is 6.65. The summed E-state index contributed by atoms with van der Waals surface area (Å²) in [7, 11) is 0. The zero-order valence-electron chi connectivity index (χ0n) is 23.6. The number of hydrogen-bond acceptors (Lipinski definition) is 9. The predicted octanol–water partition coefficient (Wildman–Crippen LogP) is 3.85. The Morgan fingerprint density at radius 2 is 1.42 bits per heavy atom. The molecule has 0 atom stereocenters. The topological polar surface area (TPSA) is 117 Å². The minimum absolute atomic E-state index is 0.0197. The fourth-order valence-electron chi connectivity index (χ4n) is 6.15. The molecule has 0 bridgehead atoms. The zero-order valence-corrected chi connectivity index (χ0v) is 23.6. The van der Waals surface area contributed by atoms with Gasteiger partial charge in [0.25, 0.3) is 11.8 Å². The Hall–Kier alpha value is -4.70. The van der Waals surface area contributed by atoms with Crippen LogP contribution in [0.4, 0.5) is 11.4 Å². The molecule has 0 radical (unpaired) electrons. The van der Waals surface area contributed by atoms with Crippen molar-refractivity contribution in [1.82, 2.24) is 5.06 Å². The Bertz CT molecular complexity index is 1580. The van der Waals surface area contributed by atoms with Gasteiger partial charge in [-0.3, -0.25) is 9.59 Å². The molecule has 0 saturated carbocycles. The molecule has 10 heteroatoms. The van der Waals surface area contributed by atoms with Crippen molar-refractivity contribution in [2.24, 2.45) is 0 Å². The van der Waals surface area contributed by atoms with E-state index in [-0.39, 0.29) is 24.8 Å². The van der Waals surface area contributed by atoms with Crippen LogP contribution in [-0.4, -0.2) is 60.4 Å². The van der Waals surface area contributed by atoms with Gasteiger partial charge in [0.1, 0.15) is 23.4 Å². The number of amides is 2. The molecule has 1 N–H and O–H groups in total. The summed E-state index contributed by atoms with van der Waals surface area (Å²) in [5, 5.41) is 13.4. The minimum Gasteiger partial charge on any atom is -0.456 e. The summed E-state index contributed by atoms with van der Waals surface area (Å²) in [5.74, 6) is -1.05. The zero-order chi connectivity index (χ0) is 29.7. The molecule has 7 rings (SSSR count). The first-order chi connectivity index (χ1) is 20.9. The molecule has 3 aromatic carbocycles. The molecule has 3 fully saturated rings. The Labute approximate surface area is 248 Å². The smallest absolute Gasteiger partial charge is 0.363 e. The monoisotopic (exact) mass is 581 g/mol. The van der Waals surface area contributed by atoms with Crippen LogP contribution in [-0.2, 0) is 31.2 Å². The molecule has 3 aromatic rings. The standard InChI is InChI=1S/C33H31N3O7/c37-17-1-4-21-5-6-22(32(40)43-36-30(38)11-12-31(36)39)18-27(21)33(41)25-9-7-23(34-13-2-14-34)19-28(25)42-29-20-24(8-10-26(29)33)35-15-3-16-35/h5-10,17-20,41H,1-4,11-16H2. The average Bonchev–Trinajstić information content (AvgIpc) is 3.26. The SMILES string of the molecule is O=CCCc1ccc(C(=O)ON2C(=O)CCC2=O)cc1C1(O)c2ccc(N3CCC3)cc2Oc2cc(N3CCC3)ccc21. The maximum Gasteiger partial charge on any atom is 0.363 e. The normalized spacial score (nSPS) is 18.3. The second-order valence-electron chi connectivity index (χ2n) is 11.4. The third-order valence-corrected chi connectivity index (χ3v) is 8.82. The van der Waals surface area contributed by atoms with Crippen LogP contribution in [0.2, 0.25) is 0 Å². The van der Waals surface area contributed by atoms with E-state index in [1.54, 1.807) is 6.07 Å². The fourth-order valence-corrected chi connectivity index (χ4v) is 6.15. The summed E-state index contributed by atoms with van der Waals surface area (Å²) in [6, 6.07) is 16.2. The lowest BCUT2D eigenvalue weighted by atomic mass is 9.75. The molecule has 2 amide bonds. The van der Waals surface area contributed by atoms with Crippen molar-refractivity contribution in [2.75, 3.05) is 36.0 Å². The number of fused-ring (bicyclic) bond motifs is 2. The van der Waals surface area contributed by atoms with Gasteiger partial charge in [-0.05, 0) is 66.8 Å². The van der Waals surface area contributed by atoms with Crippen LogP contribution in [0.5, 0.6) is 11.5 Å². The highest BCUT2D eigenvalue weighted by atomic mass is 16.7. The van der Waals surface area contributed by atoms with Gasteiger partial charge in [-0.25, -0.2) is 4.79 Å². The van der Waals surface area contributed by atoms with Crippen molar-refractivity contribution in [3.8, 4) is 11.5 Å². The number of rotatable bonds is 8. The Morgan fingerprint density at radius 3 is 1.93 bits per heavy atom. The van der Waals surface area contributed by atoms with Crippen molar-refractivity contribution in [2.45, 2.75) is 44.1 Å². The highest BCUT2D eigenvalue weighted by Crippen LogP contribution is 2.53. The number of carbonyl (C=O) groups excluding carboxylic acids is 4. The van der Waals surface area contributed by atoms with E-state index in [1.165, 1.54) is 12.1 Å². The molecule has 0 spiro atoms. The number of imide groups is 1. The number of nitrogens with zero attached hydrogens (tertiary/aromatic N) is 3. The molecule has 0 aromatic heterocycles. The molecule has 0 unspecified atom stereocenters. The number of benzene rings is 3. The van der Waals surface area contributed by atoms with Gasteiger partial charge < -0.3 is 29.3 Å². The number of hydrogen-bond donors (Lipinski definition) is 1. The summed E-state index contributed by atoms with van der Waals surface area (Å²) in [4.78, 5) is 58.5. The molecule has 43 heavy (non-hydrogen) atoms. The quantitative estimate of drug-likeness (QED) is 0.313. The van der Waals surface area contributed by atoms with Crippen LogP contribution in [0.1, 0.15) is 64.7 Å². The predicted molar refractivity (Wildman–Crippen MR) is 156 cm³/mol. The van der Waals surface area contributed by atoms with Crippen molar-refractivity contribution >= 4 is 35.4 Å². The van der Waals surface area contributed by atoms with E-state index in [4.69, 9.17) is 9.57 Å². The van der Waals surface area contributed by atoms with Gasteiger partial charge in [-0.2, -0.15) is 0 Å². The highest BCUT2D eigenvalue weighted by Gasteiger charge is 2.45. The van der Waals surface area contributed by atoms with E-state index in [1.807, 2.05) is 36.4 Å². The van der Waals surface area contributed by atoms with Crippen LogP contribution < -0.4 is 14.5 Å². The van der Waals surface area contributed by atoms with Gasteiger partial charge in [-0.15, -0.1) is 5.06 Å². The second kappa shape index (κ2) is 10.5. The summed E-state index contributed by atoms with van der Waals surface area (Å²) in [5.41, 5.74) is 2.35. The van der Waals surface area contributed by atoms with Crippen LogP contribution in [0.15, 0.2) is 54.6 Å². The molecule has 3 saturated heterocycles. The largest absolute Gasteiger partial charge is 0.456 e. The van der Waals surface area contributed by atoms with Gasteiger partial charge >= 0.3 is 5.97 Å². The van der Waals surface area contributed by atoms with E-state index >= 15 is 0 Å². The van der Waals surface area contributed by atoms with Crippen molar-refractivity contribution < 1.29 is 33.9 Å². The van der Waals surface area contributed by atoms with E-state index in [0.717, 1.165) is 56.7 Å². The van der Waals surface area contributed by atoms with E-state index in [9.17, 15) is 24.3 Å². The third-order valence-electron chi connectivity index (χ3n) is 8.82. The van der Waals surface area contributed by atoms with Crippen LogP contribution in [0, 0.1) is 0 Å². The molecule has 0 aliphatic carbocycles. The number of aliphatic hydroxyl groups is 1. The third kappa shape index (κ3) is 4.53. The van der Waals surface area contributed by atoms with Gasteiger partial charge in [0.2, 0.25) is 0 Å². The summed E-state index contributed by atoms with van der Waals surface area (Å²) in [6.45, 7) is 3.78. The van der Waals surface area contributed by atoms with Gasteiger partial charge in [0, 0.05) is 80.1 Å². The minimum atomic E-state index is -1.75. The van der Waals surface area contributed by atoms with E-state index in [0.29, 0.717) is 45.2 Å². The van der Waals surface area contributed by atoms with E-state index < -0.39 is 23.4 Å². The van der Waals surface area contributed by atoms with Crippen LogP contribution >= 0.6 is 0 Å². The first-order valence-electron chi connectivity index (χ1n) is 14.7. The van der Waals surface area contributed by atoms with E-state index in [2.05, 4.69) is 9.80 Å². The van der Waals surface area contributed by atoms with Crippen LogP contribution in [0.3, 0.4) is 0 Å². The average molecular weight is 582 g/mol. The summed E-state index contributed by atoms with van der Waals surface area (Å²) in [6.07, 6.45) is 3.53. The molecule has 4 aliphatic rings. The first-order valence-corrected chi connectivity index (χ1v) is 14.7. The number of anilines is 2. The van der Waals surface area contributed by atoms with Gasteiger partial charge in [0.05, 0.1) is 5.56 Å². The first kappa shape index (κ1) is 27.2. The summed E-state index contributed by atoms with van der Waals surface area (Å²) < 4.78 is 6.48. The molecule has 10 nitrogen and oxygen atoms in total. The van der Waals surface area contributed by atoms with Crippen LogP contribution in [0.25, 0.3) is 0 Å². The van der Waals surface area contributed by atoms with Crippen molar-refractivity contribution in [1.29, 1.82) is 0 Å². The van der Waals surface area contributed by atoms with Crippen molar-refractivity contribution in [3.63, 3.8) is 0 Å². The Morgan fingerprint density at radius 1 is 0.837 bits per heavy atom. The lowest BCUT2D eigenvalue weighted by Crippen LogP contribution is -2.38. The fraction of sp³-hybridized carbons (Fsp3) is 0.333. The maximum absolute atomic E-state index is 13.2. The van der Waals surface area contributed by atoms with Gasteiger partial charge in [-0.1, -0.05) is 6.07 Å². The highest BCUT2D eigenvalue weighted by molar-refractivity contribution is 6.02. The second-order valence-corrected chi connectivity index (χ2v) is 11.4. The van der Waals surface area contributed by atoms with Gasteiger partial charge in [0.15, 0.2) is 0 Å². The number of ether oxygens (including phenoxy) is 1. The molecular weight excluding hydrogens is 550 g/mol. The molecule has 220 valence electrons. The maximum atomic E-state index is 13.2. The number of carbonyl (C=O) groups is 4. The lowest BCUT2D eigenvalue weighted by Gasteiger charge is -2.40. The summed E-state index contributed by atoms with van der Waals surface area (Å²) >= 11 is 0. The lowest BCUT2D eigenvalue weighted by molar-refractivity contribution is -0.172. The Balaban J connectivity index is 1.37.